The van der Waals surface area contributed by atoms with E-state index in [1.54, 1.807) is 4.57 Å². The van der Waals surface area contributed by atoms with Crippen LogP contribution in [0.4, 0.5) is 0 Å². The molecule has 1 aliphatic carbocycles. The quantitative estimate of drug-likeness (QED) is 0.786. The van der Waals surface area contributed by atoms with Crippen LogP contribution in [0.25, 0.3) is 0 Å². The van der Waals surface area contributed by atoms with Crippen molar-refractivity contribution in [3.63, 3.8) is 0 Å². The van der Waals surface area contributed by atoms with Gasteiger partial charge in [-0.1, -0.05) is 54.9 Å². The Morgan fingerprint density at radius 1 is 1.38 bits per heavy atom. The lowest BCUT2D eigenvalue weighted by Gasteiger charge is -2.16. The van der Waals surface area contributed by atoms with Crippen LogP contribution in [0.3, 0.4) is 0 Å². The van der Waals surface area contributed by atoms with Crippen LogP contribution in [0.1, 0.15) is 38.2 Å². The van der Waals surface area contributed by atoms with Gasteiger partial charge in [-0.05, 0) is 25.3 Å². The van der Waals surface area contributed by atoms with Crippen molar-refractivity contribution in [2.75, 3.05) is 0 Å². The van der Waals surface area contributed by atoms with Crippen molar-refractivity contribution < 1.29 is 4.79 Å². The predicted molar refractivity (Wildman–Crippen MR) is 94.1 cm³/mol. The summed E-state index contributed by atoms with van der Waals surface area (Å²) in [7, 11) is 0. The number of aromatic nitrogens is 3. The van der Waals surface area contributed by atoms with E-state index in [1.807, 2.05) is 37.3 Å². The van der Waals surface area contributed by atoms with Crippen molar-refractivity contribution in [1.29, 1.82) is 0 Å². The Kier molecular flexibility index (Phi) is 5.40. The Hall–Kier alpha value is -2.02. The van der Waals surface area contributed by atoms with Crippen molar-refractivity contribution >= 4 is 17.7 Å². The third-order valence-corrected chi connectivity index (χ3v) is 5.35. The van der Waals surface area contributed by atoms with Gasteiger partial charge in [-0.3, -0.25) is 9.36 Å². The molecule has 1 heterocycles. The summed E-state index contributed by atoms with van der Waals surface area (Å²) in [5.41, 5.74) is 0.760. The fourth-order valence-corrected chi connectivity index (χ4v) is 3.76. The molecule has 7 heteroatoms. The lowest BCUT2D eigenvalue weighted by Crippen LogP contribution is -2.37. The molecule has 0 aliphatic heterocycles. The number of carbonyl (C=O) groups excluding carboxylic acids is 1. The molecule has 1 fully saturated rings. The number of carbonyl (C=O) groups is 1. The highest BCUT2D eigenvalue weighted by Crippen LogP contribution is 2.22. The molecule has 0 saturated heterocycles. The average molecular weight is 346 g/mol. The normalized spacial score (nSPS) is 16.2. The van der Waals surface area contributed by atoms with Crippen LogP contribution in [0.15, 0.2) is 40.3 Å². The molecule has 24 heavy (non-hydrogen) atoms. The number of aromatic amines is 1. The Labute approximate surface area is 145 Å². The van der Waals surface area contributed by atoms with Crippen LogP contribution in [-0.2, 0) is 11.3 Å². The maximum absolute atomic E-state index is 12.3. The van der Waals surface area contributed by atoms with Crippen LogP contribution in [0.2, 0.25) is 0 Å². The van der Waals surface area contributed by atoms with E-state index >= 15 is 0 Å². The van der Waals surface area contributed by atoms with Gasteiger partial charge in [-0.2, -0.15) is 0 Å². The van der Waals surface area contributed by atoms with Crippen molar-refractivity contribution in [1.82, 2.24) is 20.1 Å². The molecule has 1 aliphatic rings. The SMILES string of the molecule is C[C@@H](Sc1n[nH]c(=O)n1Cc1ccccc1)C(=O)NC1CCCC1. The number of nitrogens with zero attached hydrogens (tertiary/aromatic N) is 2. The van der Waals surface area contributed by atoms with E-state index in [1.165, 1.54) is 24.6 Å². The summed E-state index contributed by atoms with van der Waals surface area (Å²) in [4.78, 5) is 24.3. The standard InChI is InChI=1S/C17H22N4O2S/c1-12(15(22)18-14-9-5-6-10-14)24-17-20-19-16(23)21(17)11-13-7-3-2-4-8-13/h2-4,7-8,12,14H,5-6,9-11H2,1H3,(H,18,22)(H,19,23)/t12-/m1/s1. The molecular formula is C17H22N4O2S. The van der Waals surface area contributed by atoms with E-state index in [0.29, 0.717) is 17.7 Å². The molecule has 6 nitrogen and oxygen atoms in total. The highest BCUT2D eigenvalue weighted by atomic mass is 32.2. The summed E-state index contributed by atoms with van der Waals surface area (Å²) in [5.74, 6) is 0.00797. The van der Waals surface area contributed by atoms with Crippen LogP contribution in [0, 0.1) is 0 Å². The van der Waals surface area contributed by atoms with E-state index in [2.05, 4.69) is 15.5 Å². The number of benzene rings is 1. The highest BCUT2D eigenvalue weighted by Gasteiger charge is 2.23. The molecule has 0 unspecified atom stereocenters. The van der Waals surface area contributed by atoms with Crippen molar-refractivity contribution in [2.24, 2.45) is 0 Å². The molecule has 1 saturated carbocycles. The molecule has 0 bridgehead atoms. The van der Waals surface area contributed by atoms with Crippen molar-refractivity contribution in [2.45, 2.75) is 55.6 Å². The zero-order valence-corrected chi connectivity index (χ0v) is 14.5. The Balaban J connectivity index is 1.66. The largest absolute Gasteiger partial charge is 0.352 e. The fourth-order valence-electron chi connectivity index (χ4n) is 2.90. The topological polar surface area (TPSA) is 79.8 Å². The third-order valence-electron chi connectivity index (χ3n) is 4.26. The molecule has 128 valence electrons. The summed E-state index contributed by atoms with van der Waals surface area (Å²) in [6.45, 7) is 2.29. The van der Waals surface area contributed by atoms with Gasteiger partial charge in [0.15, 0.2) is 5.16 Å². The minimum absolute atomic E-state index is 0.00797. The zero-order valence-electron chi connectivity index (χ0n) is 13.7. The molecule has 2 N–H and O–H groups in total. The first-order valence-electron chi connectivity index (χ1n) is 8.29. The average Bonchev–Trinajstić information content (AvgIpc) is 3.21. The summed E-state index contributed by atoms with van der Waals surface area (Å²) in [6.07, 6.45) is 4.49. The van der Waals surface area contributed by atoms with Gasteiger partial charge in [-0.15, -0.1) is 5.10 Å². The van der Waals surface area contributed by atoms with Crippen LogP contribution < -0.4 is 11.0 Å². The molecule has 1 amide bonds. The molecule has 1 aromatic carbocycles. The Morgan fingerprint density at radius 2 is 2.08 bits per heavy atom. The van der Waals surface area contributed by atoms with Crippen LogP contribution in [-0.4, -0.2) is 32.0 Å². The lowest BCUT2D eigenvalue weighted by molar-refractivity contribution is -0.120. The number of hydrogen-bond acceptors (Lipinski definition) is 4. The summed E-state index contributed by atoms with van der Waals surface area (Å²) in [6, 6.07) is 10.0. The van der Waals surface area contributed by atoms with E-state index in [9.17, 15) is 9.59 Å². The molecule has 1 atom stereocenters. The van der Waals surface area contributed by atoms with Crippen LogP contribution in [0.5, 0.6) is 0 Å². The monoisotopic (exact) mass is 346 g/mol. The number of amides is 1. The van der Waals surface area contributed by atoms with Gasteiger partial charge < -0.3 is 5.32 Å². The van der Waals surface area contributed by atoms with Gasteiger partial charge in [0.2, 0.25) is 5.91 Å². The second-order valence-corrected chi connectivity index (χ2v) is 7.44. The highest BCUT2D eigenvalue weighted by molar-refractivity contribution is 8.00. The molecule has 1 aromatic heterocycles. The van der Waals surface area contributed by atoms with Crippen molar-refractivity contribution in [3.8, 4) is 0 Å². The first kappa shape index (κ1) is 16.8. The molecule has 0 spiro atoms. The molecule has 3 rings (SSSR count). The van der Waals surface area contributed by atoms with Gasteiger partial charge in [0.1, 0.15) is 0 Å². The summed E-state index contributed by atoms with van der Waals surface area (Å²) >= 11 is 1.31. The van der Waals surface area contributed by atoms with Gasteiger partial charge in [0, 0.05) is 6.04 Å². The van der Waals surface area contributed by atoms with E-state index in [4.69, 9.17) is 0 Å². The zero-order chi connectivity index (χ0) is 16.9. The lowest BCUT2D eigenvalue weighted by atomic mass is 10.2. The minimum Gasteiger partial charge on any atom is -0.352 e. The summed E-state index contributed by atoms with van der Waals surface area (Å²) in [5, 5.41) is 9.89. The van der Waals surface area contributed by atoms with Crippen molar-refractivity contribution in [3.05, 3.63) is 46.4 Å². The molecular weight excluding hydrogens is 324 g/mol. The van der Waals surface area contributed by atoms with E-state index in [-0.39, 0.29) is 16.8 Å². The molecule has 0 radical (unpaired) electrons. The van der Waals surface area contributed by atoms with Gasteiger partial charge in [-0.25, -0.2) is 9.89 Å². The maximum atomic E-state index is 12.3. The number of nitrogens with one attached hydrogen (secondary N) is 2. The second-order valence-electron chi connectivity index (χ2n) is 6.13. The number of H-pyrrole nitrogens is 1. The summed E-state index contributed by atoms with van der Waals surface area (Å²) < 4.78 is 1.57. The Morgan fingerprint density at radius 3 is 2.79 bits per heavy atom. The van der Waals surface area contributed by atoms with Crippen LogP contribution >= 0.6 is 11.8 Å². The fraction of sp³-hybridized carbons (Fsp3) is 0.471. The Bertz CT molecular complexity index is 735. The van der Waals surface area contributed by atoms with E-state index < -0.39 is 0 Å². The first-order chi connectivity index (χ1) is 11.6. The predicted octanol–water partition coefficient (Wildman–Crippen LogP) is 2.16. The van der Waals surface area contributed by atoms with E-state index in [0.717, 1.165) is 18.4 Å². The molecule has 2 aromatic rings. The minimum atomic E-state index is -0.296. The number of hydrogen-bond donors (Lipinski definition) is 2. The van der Waals surface area contributed by atoms with Gasteiger partial charge in [0.05, 0.1) is 11.8 Å². The number of thioether (sulfide) groups is 1. The first-order valence-corrected chi connectivity index (χ1v) is 9.17. The maximum Gasteiger partial charge on any atom is 0.344 e. The smallest absolute Gasteiger partial charge is 0.344 e. The van der Waals surface area contributed by atoms with Gasteiger partial charge in [0.25, 0.3) is 0 Å². The third kappa shape index (κ3) is 4.08. The van der Waals surface area contributed by atoms with Gasteiger partial charge >= 0.3 is 5.69 Å². The number of rotatable bonds is 6. The second kappa shape index (κ2) is 7.70.